The van der Waals surface area contributed by atoms with Crippen molar-refractivity contribution in [3.8, 4) is 0 Å². The lowest BCUT2D eigenvalue weighted by molar-refractivity contribution is -0.391. The molecule has 0 radical (unpaired) electrons. The zero-order valence-electron chi connectivity index (χ0n) is 31.9. The zero-order valence-corrected chi connectivity index (χ0v) is 31.9. The zero-order chi connectivity index (χ0) is 38.1. The maximum atomic E-state index is 14.4. The Bertz CT molecular complexity index is 1600. The van der Waals surface area contributed by atoms with Gasteiger partial charge >= 0.3 is 17.9 Å². The molecular weight excluding hydrogens is 668 g/mol. The lowest BCUT2D eigenvalue weighted by Gasteiger charge is -2.67. The Balaban J connectivity index is 1.59. The highest BCUT2D eigenvalue weighted by Gasteiger charge is 2.80. The Labute approximate surface area is 307 Å². The molecule has 4 fully saturated rings. The van der Waals surface area contributed by atoms with Gasteiger partial charge in [-0.15, -0.1) is 0 Å². The highest BCUT2D eigenvalue weighted by atomic mass is 16.7. The van der Waals surface area contributed by atoms with E-state index in [4.69, 9.17) is 28.4 Å². The SMILES string of the molecule is C=CC1OC2[C@@H](C)C3=C(C)C(OC(=O)C(O)[C@@H](C)CC(C)C)C[C@@]3(C(C)(C)O)[C@@H](OC(=O)c3ccccc3)[C@@H]3[C@]4(OC(C)=O)CO[C@@H]4C[C@H](O1)[C@@]23C. The summed E-state index contributed by atoms with van der Waals surface area (Å²) in [7, 11) is 0. The van der Waals surface area contributed by atoms with Crippen molar-refractivity contribution in [3.63, 3.8) is 0 Å². The molecule has 4 unspecified atom stereocenters. The Morgan fingerprint density at radius 3 is 2.33 bits per heavy atom. The van der Waals surface area contributed by atoms with Gasteiger partial charge in [-0.3, -0.25) is 4.79 Å². The summed E-state index contributed by atoms with van der Waals surface area (Å²) in [5.74, 6) is -3.27. The summed E-state index contributed by atoms with van der Waals surface area (Å²) >= 11 is 0. The summed E-state index contributed by atoms with van der Waals surface area (Å²) < 4.78 is 38.8. The second kappa shape index (κ2) is 13.6. The van der Waals surface area contributed by atoms with Gasteiger partial charge in [0, 0.05) is 31.1 Å². The number of hydrogen-bond acceptors (Lipinski definition) is 11. The molecule has 0 spiro atoms. The molecular formula is C41H56O11. The van der Waals surface area contributed by atoms with Crippen LogP contribution < -0.4 is 0 Å². The largest absolute Gasteiger partial charge is 0.457 e. The van der Waals surface area contributed by atoms with E-state index in [-0.39, 0.29) is 24.9 Å². The number of rotatable bonds is 10. The molecule has 286 valence electrons. The number of carbonyl (C=O) groups is 3. The molecule has 0 bridgehead atoms. The predicted molar refractivity (Wildman–Crippen MR) is 190 cm³/mol. The minimum absolute atomic E-state index is 0.0309. The number of fused-ring (bicyclic) bond motifs is 3. The molecule has 13 atom stereocenters. The van der Waals surface area contributed by atoms with Crippen molar-refractivity contribution in [1.82, 2.24) is 0 Å². The van der Waals surface area contributed by atoms with Crippen LogP contribution in [0.15, 0.2) is 54.1 Å². The average Bonchev–Trinajstić information content (AvgIpc) is 3.33. The minimum Gasteiger partial charge on any atom is -0.457 e. The van der Waals surface area contributed by atoms with Gasteiger partial charge in [-0.05, 0) is 68.4 Å². The maximum absolute atomic E-state index is 14.4. The molecule has 2 N–H and O–H groups in total. The number of aliphatic hydroxyl groups excluding tert-OH is 1. The molecule has 0 aromatic heterocycles. The van der Waals surface area contributed by atoms with E-state index in [0.29, 0.717) is 24.0 Å². The van der Waals surface area contributed by atoms with Crippen LogP contribution in [0.25, 0.3) is 0 Å². The first-order chi connectivity index (χ1) is 24.3. The number of ether oxygens (including phenoxy) is 6. The van der Waals surface area contributed by atoms with Crippen molar-refractivity contribution in [3.05, 3.63) is 59.7 Å². The van der Waals surface area contributed by atoms with Gasteiger partial charge in [0.1, 0.15) is 18.3 Å². The summed E-state index contributed by atoms with van der Waals surface area (Å²) in [4.78, 5) is 41.1. The minimum atomic E-state index is -1.61. The Kier molecular flexibility index (Phi) is 10.1. The topological polar surface area (TPSA) is 147 Å². The fourth-order valence-electron chi connectivity index (χ4n) is 10.8. The quantitative estimate of drug-likeness (QED) is 0.184. The summed E-state index contributed by atoms with van der Waals surface area (Å²) in [6.07, 6.45) is -3.28. The second-order valence-electron chi connectivity index (χ2n) is 17.0. The normalized spacial score (nSPS) is 39.2. The molecule has 1 aromatic rings. The molecule has 3 aliphatic carbocycles. The summed E-state index contributed by atoms with van der Waals surface area (Å²) in [6.45, 7) is 20.5. The fourth-order valence-corrected chi connectivity index (χ4v) is 10.8. The van der Waals surface area contributed by atoms with Gasteiger partial charge in [-0.2, -0.15) is 0 Å². The lowest BCUT2D eigenvalue weighted by atomic mass is 9.49. The third-order valence-corrected chi connectivity index (χ3v) is 12.9. The van der Waals surface area contributed by atoms with Crippen molar-refractivity contribution >= 4 is 17.9 Å². The van der Waals surface area contributed by atoms with Crippen LogP contribution in [0.2, 0.25) is 0 Å². The van der Waals surface area contributed by atoms with Gasteiger partial charge in [0.2, 0.25) is 0 Å². The highest BCUT2D eigenvalue weighted by molar-refractivity contribution is 5.89. The van der Waals surface area contributed by atoms with Crippen LogP contribution in [0, 0.1) is 34.5 Å². The molecule has 2 aliphatic heterocycles. The van der Waals surface area contributed by atoms with E-state index in [1.165, 1.54) is 6.92 Å². The van der Waals surface area contributed by atoms with Gasteiger partial charge in [-0.1, -0.05) is 59.4 Å². The van der Waals surface area contributed by atoms with Gasteiger partial charge in [0.25, 0.3) is 0 Å². The van der Waals surface area contributed by atoms with E-state index in [1.807, 2.05) is 41.5 Å². The van der Waals surface area contributed by atoms with Crippen LogP contribution in [0.5, 0.6) is 0 Å². The van der Waals surface area contributed by atoms with Crippen LogP contribution in [0.3, 0.4) is 0 Å². The van der Waals surface area contributed by atoms with E-state index in [0.717, 1.165) is 5.57 Å². The van der Waals surface area contributed by atoms with E-state index in [2.05, 4.69) is 6.58 Å². The summed E-state index contributed by atoms with van der Waals surface area (Å²) in [6, 6.07) is 8.60. The van der Waals surface area contributed by atoms with E-state index >= 15 is 0 Å². The van der Waals surface area contributed by atoms with Gasteiger partial charge < -0.3 is 38.6 Å². The van der Waals surface area contributed by atoms with Crippen LogP contribution in [0.4, 0.5) is 0 Å². The number of esters is 3. The number of carbonyl (C=O) groups excluding carboxylic acids is 3. The standard InChI is InChI=1S/C41H56O11/c1-11-30-49-28-18-29-41(20-47-29,52-25(7)42)33-35(51-36(44)26-15-13-12-14-16-26)40(38(8,9)46)19-27(48-37(45)32(43)22(4)17-21(2)3)23(5)31(40)24(6)34(50-30)39(28,33)10/h11-16,21-22,24,27-30,32-35,43,46H,1,17-20H2,2-10H3/t22-,24-,27?,28-,29+,30?,32?,33-,34?,35-,39+,40-,41-/m0/s1. The molecule has 1 aromatic carbocycles. The van der Waals surface area contributed by atoms with Crippen LogP contribution in [0.1, 0.15) is 91.9 Å². The van der Waals surface area contributed by atoms with Gasteiger partial charge in [-0.25, -0.2) is 9.59 Å². The monoisotopic (exact) mass is 724 g/mol. The third kappa shape index (κ3) is 5.86. The molecule has 0 amide bonds. The van der Waals surface area contributed by atoms with Crippen molar-refractivity contribution in [1.29, 1.82) is 0 Å². The Morgan fingerprint density at radius 1 is 1.10 bits per heavy atom. The van der Waals surface area contributed by atoms with Crippen LogP contribution in [-0.4, -0.2) is 88.8 Å². The lowest BCUT2D eigenvalue weighted by Crippen LogP contribution is -2.80. The first kappa shape index (κ1) is 38.6. The van der Waals surface area contributed by atoms with Crippen LogP contribution in [-0.2, 0) is 38.0 Å². The molecule has 11 nitrogen and oxygen atoms in total. The van der Waals surface area contributed by atoms with E-state index < -0.39 is 94.7 Å². The number of aliphatic hydroxyl groups is 2. The Hall–Kier alpha value is -3.09. The van der Waals surface area contributed by atoms with E-state index in [1.54, 1.807) is 50.3 Å². The summed E-state index contributed by atoms with van der Waals surface area (Å²) in [5, 5.41) is 23.8. The first-order valence-corrected chi connectivity index (χ1v) is 18.7. The fraction of sp³-hybridized carbons (Fsp3) is 0.683. The van der Waals surface area contributed by atoms with Gasteiger partial charge in [0.05, 0.1) is 41.3 Å². The molecule has 52 heavy (non-hydrogen) atoms. The van der Waals surface area contributed by atoms with Crippen molar-refractivity contribution in [2.45, 2.75) is 136 Å². The number of benzene rings is 1. The molecule has 2 saturated carbocycles. The van der Waals surface area contributed by atoms with Crippen molar-refractivity contribution < 1.29 is 53.0 Å². The first-order valence-electron chi connectivity index (χ1n) is 18.7. The average molecular weight is 725 g/mol. The summed E-state index contributed by atoms with van der Waals surface area (Å²) in [5.41, 5.74) is -3.54. The molecule has 2 saturated heterocycles. The van der Waals surface area contributed by atoms with Gasteiger partial charge in [0.15, 0.2) is 18.0 Å². The molecule has 6 rings (SSSR count). The van der Waals surface area contributed by atoms with Crippen LogP contribution >= 0.6 is 0 Å². The maximum Gasteiger partial charge on any atom is 0.338 e. The molecule has 11 heteroatoms. The Morgan fingerprint density at radius 2 is 1.77 bits per heavy atom. The second-order valence-corrected chi connectivity index (χ2v) is 17.0. The molecule has 5 aliphatic rings. The van der Waals surface area contributed by atoms with Crippen molar-refractivity contribution in [2.75, 3.05) is 6.61 Å². The number of hydrogen-bond donors (Lipinski definition) is 2. The van der Waals surface area contributed by atoms with Crippen molar-refractivity contribution in [2.24, 2.45) is 34.5 Å². The molecule has 2 heterocycles. The smallest absolute Gasteiger partial charge is 0.338 e. The third-order valence-electron chi connectivity index (χ3n) is 12.9. The van der Waals surface area contributed by atoms with E-state index in [9.17, 15) is 24.6 Å². The predicted octanol–water partition coefficient (Wildman–Crippen LogP) is 5.32. The highest BCUT2D eigenvalue weighted by Crippen LogP contribution is 2.70.